The molecule has 1 nitrogen and oxygen atoms in total. The maximum atomic E-state index is 12.9. The normalized spacial score (nSPS) is 12.0. The molecule has 134 valence electrons. The first-order valence-electron chi connectivity index (χ1n) is 8.95. The molecule has 0 amide bonds. The standard InChI is InChI=1S/C25H14Br2O/c26-19-7-1-15(2-8-19)17-5-11-21-23(13-17)24-14-18(6-12-22(24)25(21)28)16-3-9-20(27)10-4-16/h1-14H. The van der Waals surface area contributed by atoms with Crippen molar-refractivity contribution < 1.29 is 4.79 Å². The molecule has 0 heterocycles. The van der Waals surface area contributed by atoms with Crippen molar-refractivity contribution in [1.29, 1.82) is 0 Å². The lowest BCUT2D eigenvalue weighted by Gasteiger charge is -2.08. The Morgan fingerprint density at radius 2 is 0.786 bits per heavy atom. The van der Waals surface area contributed by atoms with Gasteiger partial charge in [-0.25, -0.2) is 0 Å². The van der Waals surface area contributed by atoms with Crippen molar-refractivity contribution in [2.45, 2.75) is 0 Å². The highest BCUT2D eigenvalue weighted by Crippen LogP contribution is 2.41. The van der Waals surface area contributed by atoms with Gasteiger partial charge in [0.15, 0.2) is 5.78 Å². The van der Waals surface area contributed by atoms with Gasteiger partial charge in [-0.2, -0.15) is 0 Å². The summed E-state index contributed by atoms with van der Waals surface area (Å²) in [7, 11) is 0. The first-order valence-corrected chi connectivity index (χ1v) is 10.5. The van der Waals surface area contributed by atoms with Crippen LogP contribution in [0.15, 0.2) is 93.9 Å². The highest BCUT2D eigenvalue weighted by molar-refractivity contribution is 9.10. The molecular formula is C25H14Br2O. The first-order chi connectivity index (χ1) is 13.6. The lowest BCUT2D eigenvalue weighted by Crippen LogP contribution is -1.94. The average Bonchev–Trinajstić information content (AvgIpc) is 3.00. The summed E-state index contributed by atoms with van der Waals surface area (Å²) >= 11 is 6.97. The fourth-order valence-corrected chi connectivity index (χ4v) is 4.25. The Bertz CT molecular complexity index is 1130. The summed E-state index contributed by atoms with van der Waals surface area (Å²) < 4.78 is 2.11. The van der Waals surface area contributed by atoms with Gasteiger partial charge in [0.1, 0.15) is 0 Å². The van der Waals surface area contributed by atoms with Gasteiger partial charge in [-0.1, -0.05) is 68.3 Å². The van der Waals surface area contributed by atoms with Crippen molar-refractivity contribution in [1.82, 2.24) is 0 Å². The Morgan fingerprint density at radius 3 is 1.18 bits per heavy atom. The number of hydrogen-bond acceptors (Lipinski definition) is 1. The van der Waals surface area contributed by atoms with Gasteiger partial charge >= 0.3 is 0 Å². The molecule has 0 fully saturated rings. The fraction of sp³-hybridized carbons (Fsp3) is 0. The molecule has 3 heteroatoms. The Kier molecular flexibility index (Phi) is 4.30. The summed E-state index contributed by atoms with van der Waals surface area (Å²) in [4.78, 5) is 12.9. The van der Waals surface area contributed by atoms with Crippen LogP contribution in [-0.4, -0.2) is 5.78 Å². The van der Waals surface area contributed by atoms with Crippen LogP contribution in [0, 0.1) is 0 Å². The summed E-state index contributed by atoms with van der Waals surface area (Å²) in [5.41, 5.74) is 8.08. The third-order valence-electron chi connectivity index (χ3n) is 5.17. The van der Waals surface area contributed by atoms with Crippen molar-refractivity contribution >= 4 is 37.6 Å². The molecule has 4 aromatic rings. The summed E-state index contributed by atoms with van der Waals surface area (Å²) in [6.07, 6.45) is 0. The molecule has 0 spiro atoms. The zero-order chi connectivity index (χ0) is 19.3. The largest absolute Gasteiger partial charge is 0.289 e. The lowest BCUT2D eigenvalue weighted by atomic mass is 9.96. The zero-order valence-electron chi connectivity index (χ0n) is 14.7. The molecule has 0 aromatic heterocycles. The SMILES string of the molecule is O=C1c2ccc(-c3ccc(Br)cc3)cc2-c2cc(-c3ccc(Br)cc3)ccc21. The van der Waals surface area contributed by atoms with E-state index in [1.54, 1.807) is 0 Å². The molecule has 0 N–H and O–H groups in total. The van der Waals surface area contributed by atoms with Crippen LogP contribution in [0.5, 0.6) is 0 Å². The van der Waals surface area contributed by atoms with E-state index in [4.69, 9.17) is 0 Å². The van der Waals surface area contributed by atoms with Crippen LogP contribution in [0.1, 0.15) is 15.9 Å². The Labute approximate surface area is 180 Å². The van der Waals surface area contributed by atoms with Crippen LogP contribution in [0.3, 0.4) is 0 Å². The van der Waals surface area contributed by atoms with Crippen molar-refractivity contribution in [3.05, 3.63) is 105 Å². The van der Waals surface area contributed by atoms with E-state index >= 15 is 0 Å². The average molecular weight is 490 g/mol. The van der Waals surface area contributed by atoms with E-state index in [9.17, 15) is 4.79 Å². The number of carbonyl (C=O) groups excluding carboxylic acids is 1. The number of halogens is 2. The minimum Gasteiger partial charge on any atom is -0.289 e. The molecule has 5 rings (SSSR count). The van der Waals surface area contributed by atoms with E-state index in [1.165, 1.54) is 0 Å². The molecule has 0 saturated carbocycles. The summed E-state index contributed by atoms with van der Waals surface area (Å²) in [6, 6.07) is 28.7. The van der Waals surface area contributed by atoms with Crippen molar-refractivity contribution in [2.24, 2.45) is 0 Å². The summed E-state index contributed by atoms with van der Waals surface area (Å²) in [5, 5.41) is 0. The van der Waals surface area contributed by atoms with Crippen molar-refractivity contribution in [2.75, 3.05) is 0 Å². The van der Waals surface area contributed by atoms with Crippen LogP contribution in [0.2, 0.25) is 0 Å². The van der Waals surface area contributed by atoms with Gasteiger partial charge in [-0.15, -0.1) is 0 Å². The highest BCUT2D eigenvalue weighted by Gasteiger charge is 2.27. The molecule has 0 bridgehead atoms. The number of fused-ring (bicyclic) bond motifs is 3. The molecule has 4 aromatic carbocycles. The van der Waals surface area contributed by atoms with E-state index < -0.39 is 0 Å². The number of carbonyl (C=O) groups is 1. The van der Waals surface area contributed by atoms with Crippen LogP contribution < -0.4 is 0 Å². The predicted octanol–water partition coefficient (Wildman–Crippen LogP) is 7.76. The van der Waals surface area contributed by atoms with Gasteiger partial charge in [-0.05, 0) is 81.9 Å². The summed E-state index contributed by atoms with van der Waals surface area (Å²) in [5.74, 6) is 0.106. The minimum absolute atomic E-state index is 0.106. The topological polar surface area (TPSA) is 17.1 Å². The second kappa shape index (κ2) is 6.84. The van der Waals surface area contributed by atoms with Crippen LogP contribution >= 0.6 is 31.9 Å². The van der Waals surface area contributed by atoms with Crippen LogP contribution in [0.25, 0.3) is 33.4 Å². The molecule has 0 unspecified atom stereocenters. The Morgan fingerprint density at radius 1 is 0.429 bits per heavy atom. The van der Waals surface area contributed by atoms with E-state index in [0.717, 1.165) is 53.5 Å². The second-order valence-corrected chi connectivity index (χ2v) is 8.69. The quantitative estimate of drug-likeness (QED) is 0.247. The second-order valence-electron chi connectivity index (χ2n) is 6.86. The lowest BCUT2D eigenvalue weighted by molar-refractivity contribution is 0.104. The van der Waals surface area contributed by atoms with Gasteiger partial charge in [0.2, 0.25) is 0 Å². The Balaban J connectivity index is 1.64. The number of rotatable bonds is 2. The van der Waals surface area contributed by atoms with E-state index in [2.05, 4.69) is 68.3 Å². The summed E-state index contributed by atoms with van der Waals surface area (Å²) in [6.45, 7) is 0. The number of hydrogen-bond donors (Lipinski definition) is 0. The number of benzene rings is 4. The molecule has 1 aliphatic carbocycles. The third-order valence-corrected chi connectivity index (χ3v) is 6.23. The highest BCUT2D eigenvalue weighted by atomic mass is 79.9. The van der Waals surface area contributed by atoms with Crippen molar-refractivity contribution in [3.63, 3.8) is 0 Å². The first kappa shape index (κ1) is 17.6. The van der Waals surface area contributed by atoms with Gasteiger partial charge in [0.25, 0.3) is 0 Å². The maximum Gasteiger partial charge on any atom is 0.194 e. The minimum atomic E-state index is 0.106. The number of ketones is 1. The fourth-order valence-electron chi connectivity index (χ4n) is 3.72. The van der Waals surface area contributed by atoms with Gasteiger partial charge < -0.3 is 0 Å². The third kappa shape index (κ3) is 2.95. The van der Waals surface area contributed by atoms with Crippen molar-refractivity contribution in [3.8, 4) is 33.4 Å². The molecule has 0 atom stereocenters. The van der Waals surface area contributed by atoms with E-state index in [0.29, 0.717) is 0 Å². The van der Waals surface area contributed by atoms with E-state index in [1.807, 2.05) is 48.5 Å². The monoisotopic (exact) mass is 488 g/mol. The van der Waals surface area contributed by atoms with Gasteiger partial charge in [0, 0.05) is 20.1 Å². The van der Waals surface area contributed by atoms with Crippen LogP contribution in [0.4, 0.5) is 0 Å². The van der Waals surface area contributed by atoms with Gasteiger partial charge in [0.05, 0.1) is 0 Å². The zero-order valence-corrected chi connectivity index (χ0v) is 17.9. The predicted molar refractivity (Wildman–Crippen MR) is 122 cm³/mol. The molecule has 1 aliphatic rings. The molecule has 0 radical (unpaired) electrons. The molecule has 0 aliphatic heterocycles. The Hall–Kier alpha value is -2.49. The molecule has 28 heavy (non-hydrogen) atoms. The maximum absolute atomic E-state index is 12.9. The van der Waals surface area contributed by atoms with E-state index in [-0.39, 0.29) is 5.78 Å². The smallest absolute Gasteiger partial charge is 0.194 e. The molecule has 0 saturated heterocycles. The van der Waals surface area contributed by atoms with Crippen LogP contribution in [-0.2, 0) is 0 Å². The van der Waals surface area contributed by atoms with Gasteiger partial charge in [-0.3, -0.25) is 4.79 Å². The molecular weight excluding hydrogens is 476 g/mol.